The number of pyridine rings is 1. The van der Waals surface area contributed by atoms with Crippen molar-refractivity contribution in [3.8, 4) is 0 Å². The van der Waals surface area contributed by atoms with E-state index in [2.05, 4.69) is 127 Å². The number of hydrogen-bond acceptors (Lipinski definition) is 7. The third-order valence-electron chi connectivity index (χ3n) is 10.4. The summed E-state index contributed by atoms with van der Waals surface area (Å²) in [6, 6.07) is 22.1. The van der Waals surface area contributed by atoms with E-state index >= 15 is 0 Å². The molecule has 6 heterocycles. The topological polar surface area (TPSA) is 51.6 Å². The highest BCUT2D eigenvalue weighted by atomic mass is 15.6. The predicted octanol–water partition coefficient (Wildman–Crippen LogP) is 8.62. The van der Waals surface area contributed by atoms with Gasteiger partial charge in [-0.15, -0.1) is 6.58 Å². The van der Waals surface area contributed by atoms with Gasteiger partial charge in [0.15, 0.2) is 23.6 Å². The summed E-state index contributed by atoms with van der Waals surface area (Å²) in [5.74, 6) is 3.21. The molecule has 3 unspecified atom stereocenters. The van der Waals surface area contributed by atoms with Crippen LogP contribution >= 0.6 is 0 Å². The lowest BCUT2D eigenvalue weighted by atomic mass is 9.81. The molecule has 2 aromatic heterocycles. The Morgan fingerprint density at radius 2 is 1.45 bits per heavy atom. The maximum absolute atomic E-state index is 5.08. The highest BCUT2D eigenvalue weighted by Gasteiger charge is 2.54. The Balaban J connectivity index is 1.46. The van der Waals surface area contributed by atoms with E-state index in [4.69, 9.17) is 15.0 Å². The Hall–Kier alpha value is -5.17. The number of anilines is 6. The van der Waals surface area contributed by atoms with Crippen LogP contribution in [0, 0.1) is 18.8 Å². The fraction of sp³-hybridized carbons (Fsp3) is 0.275. The van der Waals surface area contributed by atoms with E-state index in [1.807, 2.05) is 30.7 Å². The normalized spacial score (nSPS) is 24.5. The van der Waals surface area contributed by atoms with Gasteiger partial charge in [0.05, 0.1) is 5.69 Å². The molecule has 47 heavy (non-hydrogen) atoms. The molecule has 5 aliphatic rings. The van der Waals surface area contributed by atoms with E-state index in [0.29, 0.717) is 0 Å². The van der Waals surface area contributed by atoms with Crippen molar-refractivity contribution < 1.29 is 0 Å². The lowest BCUT2D eigenvalue weighted by Gasteiger charge is -2.46. The van der Waals surface area contributed by atoms with Crippen LogP contribution in [0.1, 0.15) is 38.3 Å². The first-order valence-corrected chi connectivity index (χ1v) is 16.6. The smallest absolute Gasteiger partial charge is 0.178 e. The summed E-state index contributed by atoms with van der Waals surface area (Å²) in [4.78, 5) is 25.0. The maximum atomic E-state index is 5.08. The van der Waals surface area contributed by atoms with E-state index in [1.54, 1.807) is 0 Å². The number of allylic oxidation sites excluding steroid dienone is 6. The monoisotopic (exact) mass is 619 g/mol. The number of benzene rings is 2. The van der Waals surface area contributed by atoms with Crippen LogP contribution in [0.4, 0.5) is 34.5 Å². The number of aromatic nitrogens is 3. The van der Waals surface area contributed by atoms with E-state index < -0.39 is 0 Å². The molecule has 9 rings (SSSR count). The van der Waals surface area contributed by atoms with Crippen molar-refractivity contribution in [2.75, 3.05) is 19.6 Å². The first kappa shape index (κ1) is 29.2. The quantitative estimate of drug-likeness (QED) is 0.207. The Morgan fingerprint density at radius 1 is 0.745 bits per heavy atom. The van der Waals surface area contributed by atoms with Gasteiger partial charge in [0.25, 0.3) is 0 Å². The zero-order chi connectivity index (χ0) is 32.4. The molecule has 0 amide bonds. The molecular formula is C40H41N7. The van der Waals surface area contributed by atoms with Crippen LogP contribution in [0.25, 0.3) is 0 Å². The summed E-state index contributed by atoms with van der Waals surface area (Å²) in [6.07, 6.45) is 13.5. The second-order valence-electron chi connectivity index (χ2n) is 13.3. The van der Waals surface area contributed by atoms with Crippen LogP contribution in [0.5, 0.6) is 0 Å². The highest BCUT2D eigenvalue weighted by Crippen LogP contribution is 2.53. The predicted molar refractivity (Wildman–Crippen MR) is 192 cm³/mol. The van der Waals surface area contributed by atoms with Gasteiger partial charge in [-0.25, -0.2) is 15.0 Å². The Kier molecular flexibility index (Phi) is 7.01. The van der Waals surface area contributed by atoms with Crippen molar-refractivity contribution >= 4 is 34.5 Å². The Morgan fingerprint density at radius 3 is 2.15 bits per heavy atom. The lowest BCUT2D eigenvalue weighted by Crippen LogP contribution is -2.61. The first-order chi connectivity index (χ1) is 22.9. The van der Waals surface area contributed by atoms with Gasteiger partial charge in [-0.1, -0.05) is 55.1 Å². The highest BCUT2D eigenvalue weighted by molar-refractivity contribution is 5.87. The van der Waals surface area contributed by atoms with Gasteiger partial charge in [-0.3, -0.25) is 9.80 Å². The van der Waals surface area contributed by atoms with Crippen molar-refractivity contribution in [3.05, 3.63) is 139 Å². The molecule has 0 radical (unpaired) electrons. The molecule has 7 nitrogen and oxygen atoms in total. The Bertz CT molecular complexity index is 1940. The molecule has 0 fully saturated rings. The van der Waals surface area contributed by atoms with Crippen LogP contribution in [0.3, 0.4) is 0 Å². The molecule has 4 aliphatic heterocycles. The number of nitrogens with zero attached hydrogens (tertiary/aromatic N) is 7. The number of fused-ring (bicyclic) bond motifs is 5. The molecule has 4 bridgehead atoms. The van der Waals surface area contributed by atoms with Gasteiger partial charge in [0.2, 0.25) is 0 Å². The Labute approximate surface area is 277 Å². The van der Waals surface area contributed by atoms with Crippen molar-refractivity contribution in [1.29, 1.82) is 0 Å². The molecule has 0 N–H and O–H groups in total. The zero-order valence-corrected chi connectivity index (χ0v) is 27.6. The van der Waals surface area contributed by atoms with Gasteiger partial charge in [0.1, 0.15) is 6.17 Å². The summed E-state index contributed by atoms with van der Waals surface area (Å²) in [5.41, 5.74) is 9.59. The summed E-state index contributed by atoms with van der Waals surface area (Å²) in [5, 5.41) is 0. The largest absolute Gasteiger partial charge is 0.342 e. The second-order valence-corrected chi connectivity index (χ2v) is 13.3. The van der Waals surface area contributed by atoms with Crippen LogP contribution in [0.2, 0.25) is 0 Å². The average Bonchev–Trinajstić information content (AvgIpc) is 3.77. The van der Waals surface area contributed by atoms with Gasteiger partial charge in [-0.05, 0) is 105 Å². The van der Waals surface area contributed by atoms with Gasteiger partial charge in [0, 0.05) is 41.7 Å². The molecule has 0 saturated carbocycles. The minimum atomic E-state index is -0.245. The number of hydrogen-bond donors (Lipinski definition) is 0. The third kappa shape index (κ3) is 4.43. The second kappa shape index (κ2) is 11.3. The average molecular weight is 620 g/mol. The van der Waals surface area contributed by atoms with Crippen molar-refractivity contribution in [1.82, 2.24) is 15.0 Å². The van der Waals surface area contributed by atoms with Crippen molar-refractivity contribution in [2.24, 2.45) is 11.8 Å². The molecule has 7 heteroatoms. The molecule has 0 spiro atoms. The fourth-order valence-corrected chi connectivity index (χ4v) is 8.27. The minimum Gasteiger partial charge on any atom is -0.342 e. The minimum absolute atomic E-state index is 0.177. The fourth-order valence-electron chi connectivity index (χ4n) is 8.27. The molecule has 1 aliphatic carbocycles. The van der Waals surface area contributed by atoms with Crippen LogP contribution in [0.15, 0.2) is 127 Å². The number of rotatable bonds is 5. The van der Waals surface area contributed by atoms with E-state index in [-0.39, 0.29) is 30.2 Å². The van der Waals surface area contributed by atoms with Gasteiger partial charge < -0.3 is 9.80 Å². The number of para-hydroxylation sites is 1. The van der Waals surface area contributed by atoms with Crippen LogP contribution in [-0.4, -0.2) is 33.3 Å². The van der Waals surface area contributed by atoms with Gasteiger partial charge >= 0.3 is 0 Å². The molecule has 4 aromatic rings. The summed E-state index contributed by atoms with van der Waals surface area (Å²) in [6.45, 7) is 17.5. The van der Waals surface area contributed by atoms with E-state index in [1.165, 1.54) is 28.0 Å². The molecule has 0 saturated heterocycles. The summed E-state index contributed by atoms with van der Waals surface area (Å²) < 4.78 is 0. The molecule has 2 aromatic carbocycles. The number of aryl methyl sites for hydroxylation is 1. The van der Waals surface area contributed by atoms with Crippen molar-refractivity contribution in [3.63, 3.8) is 0 Å². The van der Waals surface area contributed by atoms with E-state index in [0.717, 1.165) is 47.4 Å². The molecule has 4 atom stereocenters. The lowest BCUT2D eigenvalue weighted by molar-refractivity contribution is 0.454. The summed E-state index contributed by atoms with van der Waals surface area (Å²) in [7, 11) is 0. The van der Waals surface area contributed by atoms with Crippen LogP contribution in [-0.2, 0) is 6.42 Å². The van der Waals surface area contributed by atoms with Crippen LogP contribution < -0.4 is 19.6 Å². The zero-order valence-electron chi connectivity index (χ0n) is 27.6. The summed E-state index contributed by atoms with van der Waals surface area (Å²) >= 11 is 0. The third-order valence-corrected chi connectivity index (χ3v) is 10.4. The van der Waals surface area contributed by atoms with Gasteiger partial charge in [-0.2, -0.15) is 0 Å². The SMILES string of the molecule is C=CC1=C/C2=C(\C)N3c4nccnc4N(c4ccc(cc4)CC(C=C)[C@H]2C1)C3C1N(c2ccccc2C)c2ncccc2N1C(C)C. The first-order valence-electron chi connectivity index (χ1n) is 16.6. The molecular weight excluding hydrogens is 578 g/mol. The van der Waals surface area contributed by atoms with Crippen molar-refractivity contribution in [2.45, 2.75) is 58.9 Å². The molecule has 236 valence electrons. The standard InChI is InChI=1S/C40H41N7/c1-7-28-23-32-27(6)45-37-38(43-21-20-42-37)46(31-17-15-29(16-18-31)22-30(8-2)33(32)24-28)40(45)39-44(25(3)4)35-14-11-19-41-36(35)47(39)34-13-10-9-12-26(34)5/h7-21,23,25,30,33,39-40H,1-2,22,24H2,3-6H3/b32-27-/t30?,33-,39?,40?/m1/s1. The maximum Gasteiger partial charge on any atom is 0.178 e. The van der Waals surface area contributed by atoms with E-state index in [9.17, 15) is 0 Å².